The summed E-state index contributed by atoms with van der Waals surface area (Å²) in [6.07, 6.45) is 3.45. The van der Waals surface area contributed by atoms with Gasteiger partial charge in [0.25, 0.3) is 0 Å². The smallest absolute Gasteiger partial charge is 0.434 e. The lowest BCUT2D eigenvalue weighted by Crippen LogP contribution is -2.23. The average molecular weight is 325 g/mol. The molecule has 0 fully saturated rings. The highest BCUT2D eigenvalue weighted by Crippen LogP contribution is 1.95. The Morgan fingerprint density at radius 2 is 1.19 bits per heavy atom. The Morgan fingerprint density at radius 1 is 0.810 bits per heavy atom. The van der Waals surface area contributed by atoms with Gasteiger partial charge in [0, 0.05) is 13.1 Å². The van der Waals surface area contributed by atoms with Gasteiger partial charge in [-0.1, -0.05) is 13.8 Å². The standard InChI is InChI=1S/C15H32N2O3.ClH/c1-5-9-16(3)11-7-13-19-15(18)20-14-8-12-17(4)10-6-2;/h5-14H2,1-4H3;1H. The fourth-order valence-corrected chi connectivity index (χ4v) is 2.01. The van der Waals surface area contributed by atoms with Crippen molar-refractivity contribution >= 4 is 18.6 Å². The van der Waals surface area contributed by atoms with Gasteiger partial charge < -0.3 is 19.3 Å². The fourth-order valence-electron chi connectivity index (χ4n) is 2.01. The third kappa shape index (κ3) is 15.7. The highest BCUT2D eigenvalue weighted by Gasteiger charge is 2.04. The molecule has 6 heteroatoms. The Balaban J connectivity index is 0. The highest BCUT2D eigenvalue weighted by atomic mass is 35.5. The molecule has 0 heterocycles. The van der Waals surface area contributed by atoms with Crippen LogP contribution in [0.25, 0.3) is 0 Å². The van der Waals surface area contributed by atoms with Crippen molar-refractivity contribution in [2.75, 3.05) is 53.5 Å². The van der Waals surface area contributed by atoms with Crippen molar-refractivity contribution in [3.8, 4) is 0 Å². The van der Waals surface area contributed by atoms with Gasteiger partial charge in [0.2, 0.25) is 0 Å². The van der Waals surface area contributed by atoms with Crippen molar-refractivity contribution in [2.24, 2.45) is 0 Å². The number of carbonyl (C=O) groups excluding carboxylic acids is 1. The van der Waals surface area contributed by atoms with Crippen LogP contribution in [0, 0.1) is 0 Å². The Morgan fingerprint density at radius 3 is 1.52 bits per heavy atom. The zero-order chi connectivity index (χ0) is 15.2. The van der Waals surface area contributed by atoms with E-state index in [9.17, 15) is 4.79 Å². The molecule has 0 aliphatic carbocycles. The molecule has 0 amide bonds. The first-order chi connectivity index (χ1) is 9.60. The largest absolute Gasteiger partial charge is 0.508 e. The quantitative estimate of drug-likeness (QED) is 0.408. The van der Waals surface area contributed by atoms with Crippen LogP contribution in [0.4, 0.5) is 4.79 Å². The highest BCUT2D eigenvalue weighted by molar-refractivity contribution is 5.85. The first-order valence-electron chi connectivity index (χ1n) is 7.76. The zero-order valence-electron chi connectivity index (χ0n) is 14.1. The molecule has 0 spiro atoms. The number of rotatable bonds is 12. The van der Waals surface area contributed by atoms with E-state index in [1.165, 1.54) is 0 Å². The van der Waals surface area contributed by atoms with Gasteiger partial charge in [-0.25, -0.2) is 4.79 Å². The lowest BCUT2D eigenvalue weighted by Gasteiger charge is -2.15. The molecule has 0 radical (unpaired) electrons. The summed E-state index contributed by atoms with van der Waals surface area (Å²) in [6, 6.07) is 0. The van der Waals surface area contributed by atoms with Gasteiger partial charge in [-0.05, 0) is 52.9 Å². The Kier molecular flexibility index (Phi) is 17.2. The van der Waals surface area contributed by atoms with Crippen molar-refractivity contribution in [3.63, 3.8) is 0 Å². The van der Waals surface area contributed by atoms with Gasteiger partial charge in [0.15, 0.2) is 0 Å². The van der Waals surface area contributed by atoms with Gasteiger partial charge in [-0.2, -0.15) is 0 Å². The minimum absolute atomic E-state index is 0. The van der Waals surface area contributed by atoms with Crippen LogP contribution in [-0.4, -0.2) is 69.4 Å². The van der Waals surface area contributed by atoms with E-state index in [1.807, 2.05) is 0 Å². The van der Waals surface area contributed by atoms with E-state index in [4.69, 9.17) is 9.47 Å². The van der Waals surface area contributed by atoms with Crippen LogP contribution in [0.1, 0.15) is 39.5 Å². The van der Waals surface area contributed by atoms with Crippen LogP contribution in [0.3, 0.4) is 0 Å². The molecule has 5 nitrogen and oxygen atoms in total. The van der Waals surface area contributed by atoms with Crippen molar-refractivity contribution < 1.29 is 14.3 Å². The average Bonchev–Trinajstić information content (AvgIpc) is 2.40. The summed E-state index contributed by atoms with van der Waals surface area (Å²) in [5.41, 5.74) is 0. The Bertz CT molecular complexity index is 221. The van der Waals surface area contributed by atoms with Gasteiger partial charge in [-0.3, -0.25) is 0 Å². The normalized spacial score (nSPS) is 10.6. The van der Waals surface area contributed by atoms with E-state index in [-0.39, 0.29) is 12.4 Å². The second-order valence-electron chi connectivity index (χ2n) is 5.26. The first-order valence-corrected chi connectivity index (χ1v) is 7.76. The molecule has 0 aromatic rings. The SMILES string of the molecule is CCCN(C)CCCOC(=O)OCCCN(C)CCC.Cl. The number of nitrogens with zero attached hydrogens (tertiary/aromatic N) is 2. The van der Waals surface area contributed by atoms with Gasteiger partial charge in [0.05, 0.1) is 13.2 Å². The third-order valence-corrected chi connectivity index (χ3v) is 3.02. The van der Waals surface area contributed by atoms with Crippen LogP contribution in [-0.2, 0) is 9.47 Å². The summed E-state index contributed by atoms with van der Waals surface area (Å²) in [5, 5.41) is 0. The maximum atomic E-state index is 11.3. The second kappa shape index (κ2) is 15.9. The molecule has 0 saturated carbocycles. The van der Waals surface area contributed by atoms with Crippen molar-refractivity contribution in [1.82, 2.24) is 9.80 Å². The van der Waals surface area contributed by atoms with Crippen LogP contribution in [0.5, 0.6) is 0 Å². The molecule has 0 bridgehead atoms. The number of hydrogen-bond acceptors (Lipinski definition) is 5. The molecule has 0 N–H and O–H groups in total. The summed E-state index contributed by atoms with van der Waals surface area (Å²) in [4.78, 5) is 15.8. The minimum atomic E-state index is -0.540. The maximum absolute atomic E-state index is 11.3. The van der Waals surface area contributed by atoms with Crippen molar-refractivity contribution in [2.45, 2.75) is 39.5 Å². The Hall–Kier alpha value is -0.520. The molecule has 0 aromatic heterocycles. The van der Waals surface area contributed by atoms with Gasteiger partial charge >= 0.3 is 6.16 Å². The number of hydrogen-bond donors (Lipinski definition) is 0. The predicted octanol–water partition coefficient (Wildman–Crippen LogP) is 3.03. The third-order valence-electron chi connectivity index (χ3n) is 3.02. The monoisotopic (exact) mass is 324 g/mol. The second-order valence-corrected chi connectivity index (χ2v) is 5.26. The molecular weight excluding hydrogens is 292 g/mol. The molecule has 0 aliphatic heterocycles. The van der Waals surface area contributed by atoms with Crippen molar-refractivity contribution in [1.29, 1.82) is 0 Å². The predicted molar refractivity (Wildman–Crippen MR) is 89.4 cm³/mol. The van der Waals surface area contributed by atoms with E-state index in [0.29, 0.717) is 13.2 Å². The lowest BCUT2D eigenvalue weighted by atomic mass is 10.4. The molecule has 0 rings (SSSR count). The molecule has 0 aromatic carbocycles. The molecule has 0 atom stereocenters. The summed E-state index contributed by atoms with van der Waals surface area (Å²) >= 11 is 0. The van der Waals surface area contributed by atoms with Crippen LogP contribution in [0.2, 0.25) is 0 Å². The molecule has 128 valence electrons. The van der Waals surface area contributed by atoms with Crippen LogP contribution >= 0.6 is 12.4 Å². The maximum Gasteiger partial charge on any atom is 0.508 e. The number of carbonyl (C=O) groups is 1. The Labute approximate surface area is 136 Å². The van der Waals surface area contributed by atoms with Crippen LogP contribution < -0.4 is 0 Å². The fraction of sp³-hybridized carbons (Fsp3) is 0.933. The first kappa shape index (κ1) is 22.8. The van der Waals surface area contributed by atoms with E-state index < -0.39 is 6.16 Å². The lowest BCUT2D eigenvalue weighted by molar-refractivity contribution is 0.0506. The van der Waals surface area contributed by atoms with E-state index >= 15 is 0 Å². The van der Waals surface area contributed by atoms with Crippen LogP contribution in [0.15, 0.2) is 0 Å². The van der Waals surface area contributed by atoms with E-state index in [2.05, 4.69) is 37.7 Å². The number of ether oxygens (including phenoxy) is 2. The number of halogens is 1. The summed E-state index contributed by atoms with van der Waals surface area (Å²) < 4.78 is 10.0. The van der Waals surface area contributed by atoms with Gasteiger partial charge in [0.1, 0.15) is 0 Å². The van der Waals surface area contributed by atoms with Crippen molar-refractivity contribution in [3.05, 3.63) is 0 Å². The van der Waals surface area contributed by atoms with E-state index in [1.54, 1.807) is 0 Å². The summed E-state index contributed by atoms with van der Waals surface area (Å²) in [5.74, 6) is 0. The molecule has 0 saturated heterocycles. The topological polar surface area (TPSA) is 42.0 Å². The summed E-state index contributed by atoms with van der Waals surface area (Å²) in [6.45, 7) is 9.23. The minimum Gasteiger partial charge on any atom is -0.434 e. The summed E-state index contributed by atoms with van der Waals surface area (Å²) in [7, 11) is 4.16. The molecule has 0 unspecified atom stereocenters. The van der Waals surface area contributed by atoms with Gasteiger partial charge in [-0.15, -0.1) is 12.4 Å². The zero-order valence-corrected chi connectivity index (χ0v) is 14.9. The molecule has 21 heavy (non-hydrogen) atoms. The molecular formula is C15H33ClN2O3. The van der Waals surface area contributed by atoms with E-state index in [0.717, 1.165) is 51.9 Å². The molecule has 0 aliphatic rings.